The summed E-state index contributed by atoms with van der Waals surface area (Å²) in [6.45, 7) is 5.04. The van der Waals surface area contributed by atoms with Gasteiger partial charge in [0.15, 0.2) is 26.8 Å². The lowest BCUT2D eigenvalue weighted by atomic mass is 9.80. The smallest absolute Gasteiger partial charge is 0.430 e. The molecular formula is C38H32Cl4F12N4O9S2. The van der Waals surface area contributed by atoms with Crippen molar-refractivity contribution in [3.05, 3.63) is 76.9 Å². The third kappa shape index (κ3) is 12.5. The lowest BCUT2D eigenvalue weighted by Crippen LogP contribution is -2.54. The number of carboxylic acids is 1. The molecule has 0 saturated carbocycles. The predicted octanol–water partition coefficient (Wildman–Crippen LogP) is 10.4. The number of nitrogens with one attached hydrogen (secondary N) is 2. The van der Waals surface area contributed by atoms with Gasteiger partial charge in [-0.25, -0.2) is 19.6 Å². The van der Waals surface area contributed by atoms with Gasteiger partial charge in [0.05, 0.1) is 48.2 Å². The zero-order valence-corrected chi connectivity index (χ0v) is 40.0. The number of thiazole rings is 2. The van der Waals surface area contributed by atoms with Crippen molar-refractivity contribution in [3.8, 4) is 20.9 Å². The average molecular weight is 1120 g/mol. The Morgan fingerprint density at radius 1 is 0.580 bits per heavy atom. The van der Waals surface area contributed by atoms with Gasteiger partial charge in [-0.3, -0.25) is 9.59 Å². The van der Waals surface area contributed by atoms with Crippen molar-refractivity contribution < 1.29 is 97.0 Å². The highest BCUT2D eigenvalue weighted by Gasteiger charge is 2.72. The highest BCUT2D eigenvalue weighted by Crippen LogP contribution is 2.56. The summed E-state index contributed by atoms with van der Waals surface area (Å²) in [4.78, 5) is 55.4. The Labute approximate surface area is 408 Å². The maximum absolute atomic E-state index is 13.5. The number of hydrogen-bond acceptors (Lipinski definition) is 12. The number of carboxylic acid groups (broad SMARTS) is 1. The lowest BCUT2D eigenvalue weighted by Gasteiger charge is -2.35. The second-order valence-electron chi connectivity index (χ2n) is 15.6. The molecular weight excluding hydrogens is 1090 g/mol. The number of alkyl halides is 12. The van der Waals surface area contributed by atoms with E-state index in [9.17, 15) is 92.3 Å². The van der Waals surface area contributed by atoms with Gasteiger partial charge < -0.3 is 35.8 Å². The number of carbonyl (C=O) groups is 4. The summed E-state index contributed by atoms with van der Waals surface area (Å²) in [5.41, 5.74) is -17.4. The third-order valence-electron chi connectivity index (χ3n) is 9.12. The van der Waals surface area contributed by atoms with Crippen LogP contribution in [-0.2, 0) is 15.8 Å². The Hall–Kier alpha value is -4.22. The molecule has 0 radical (unpaired) electrons. The molecule has 0 fully saturated rings. The molecule has 2 aromatic carbocycles. The Morgan fingerprint density at radius 2 is 0.928 bits per heavy atom. The minimum Gasteiger partial charge on any atom is -0.476 e. The molecule has 0 spiro atoms. The lowest BCUT2D eigenvalue weighted by molar-refractivity contribution is -0.376. The second-order valence-corrected chi connectivity index (χ2v) is 19.1. The number of carbonyl (C=O) groups excluding carboxylic acids is 3. The van der Waals surface area contributed by atoms with Gasteiger partial charge in [0.1, 0.15) is 0 Å². The van der Waals surface area contributed by atoms with Crippen molar-refractivity contribution in [3.63, 3.8) is 0 Å². The average Bonchev–Trinajstić information content (AvgIpc) is 3.84. The highest BCUT2D eigenvalue weighted by molar-refractivity contribution is 7.17. The number of rotatable bonds is 12. The first kappa shape index (κ1) is 59.1. The topological polar surface area (TPSA) is 208 Å². The van der Waals surface area contributed by atoms with Crippen LogP contribution in [0, 0.1) is 0 Å². The summed E-state index contributed by atoms with van der Waals surface area (Å²) >= 11 is 24.6. The number of nitrogens with zero attached hydrogens (tertiary/aromatic N) is 2. The number of aromatic nitrogens is 2. The molecule has 0 aliphatic heterocycles. The SMILES string of the molecule is CC(C)(O)CNC(=O)c1nc(C(=O)O)c(-c2ccc(C(C)(C(F)(F)F)C(F)(F)F)c(Cl)c2Cl)s1.COC(=O)c1nc(C(=O)NCC(C)(C)O)sc1-c1ccc(C(O)(C(F)(F)F)C(F)(F)F)c(Cl)c1Cl. The fourth-order valence-electron chi connectivity index (χ4n) is 5.37. The van der Waals surface area contributed by atoms with Crippen molar-refractivity contribution in [2.24, 2.45) is 0 Å². The van der Waals surface area contributed by atoms with Crippen LogP contribution in [-0.4, -0.2) is 110 Å². The van der Waals surface area contributed by atoms with Crippen molar-refractivity contribution >= 4 is 92.8 Å². The number of benzene rings is 2. The van der Waals surface area contributed by atoms with Crippen LogP contribution in [0.15, 0.2) is 24.3 Å². The molecule has 0 bridgehead atoms. The van der Waals surface area contributed by atoms with Crippen LogP contribution in [0.2, 0.25) is 20.1 Å². The first-order valence-corrected chi connectivity index (χ1v) is 21.4. The largest absolute Gasteiger partial charge is 0.476 e. The fraction of sp³-hybridized carbons (Fsp3) is 0.421. The number of esters is 1. The van der Waals surface area contributed by atoms with E-state index in [0.717, 1.165) is 13.2 Å². The maximum Gasteiger partial charge on any atom is 0.430 e. The van der Waals surface area contributed by atoms with Gasteiger partial charge in [-0.2, -0.15) is 52.7 Å². The van der Waals surface area contributed by atoms with E-state index in [2.05, 4.69) is 25.3 Å². The van der Waals surface area contributed by atoms with Crippen LogP contribution in [0.5, 0.6) is 0 Å². The van der Waals surface area contributed by atoms with E-state index < -0.39 is 118 Å². The number of ether oxygens (including phenoxy) is 1. The van der Waals surface area contributed by atoms with E-state index >= 15 is 0 Å². The van der Waals surface area contributed by atoms with Crippen LogP contribution in [0.4, 0.5) is 52.7 Å². The Morgan fingerprint density at radius 3 is 1.26 bits per heavy atom. The molecule has 4 aromatic rings. The van der Waals surface area contributed by atoms with E-state index in [1.54, 1.807) is 0 Å². The summed E-state index contributed by atoms with van der Waals surface area (Å²) in [5, 5.41) is 38.4. The normalized spacial score (nSPS) is 13.1. The zero-order chi connectivity index (χ0) is 53.6. The van der Waals surface area contributed by atoms with Crippen LogP contribution in [0.25, 0.3) is 20.9 Å². The van der Waals surface area contributed by atoms with Gasteiger partial charge in [0.25, 0.3) is 17.4 Å². The molecule has 0 atom stereocenters. The Balaban J connectivity index is 0.000000365. The number of aliphatic hydroxyl groups is 3. The Bertz CT molecular complexity index is 2600. The van der Waals surface area contributed by atoms with E-state index in [4.69, 9.17) is 46.4 Å². The zero-order valence-electron chi connectivity index (χ0n) is 35.3. The maximum atomic E-state index is 13.5. The van der Waals surface area contributed by atoms with Gasteiger partial charge in [0.2, 0.25) is 0 Å². The van der Waals surface area contributed by atoms with Crippen molar-refractivity contribution in [2.45, 2.75) is 81.5 Å². The summed E-state index contributed by atoms with van der Waals surface area (Å²) in [7, 11) is 0.962. The standard InChI is InChI=1S/C19H16Cl2F6N2O5S.C19H16Cl2F6N2O4S/c1-16(2,32)6-28-13(30)14-29-11(15(31)34-3)12(35-14)7-4-5-8(10(21)9(7)20)17(33,18(22,23)24)19(25,26)27;1-16(2,33)6-28-13(30)14-29-11(15(31)32)12(34-14)7-4-5-8(10(21)9(7)20)17(3,18(22,23)24)19(25,26)27/h4-5,32-33H,6H2,1-3H3,(H,28,30);4-5,33H,6H2,1-3H3,(H,28,30)(H,31,32). The second kappa shape index (κ2) is 20.5. The van der Waals surface area contributed by atoms with Crippen molar-refractivity contribution in [2.75, 3.05) is 20.2 Å². The van der Waals surface area contributed by atoms with Gasteiger partial charge in [-0.15, -0.1) is 22.7 Å². The van der Waals surface area contributed by atoms with Gasteiger partial charge >= 0.3 is 36.6 Å². The highest BCUT2D eigenvalue weighted by atomic mass is 35.5. The van der Waals surface area contributed by atoms with Crippen molar-refractivity contribution in [1.29, 1.82) is 0 Å². The summed E-state index contributed by atoms with van der Waals surface area (Å²) in [6, 6.07) is 2.10. The monoisotopic (exact) mass is 1120 g/mol. The van der Waals surface area contributed by atoms with E-state index in [0.29, 0.717) is 34.8 Å². The molecule has 2 aromatic heterocycles. The minimum absolute atomic E-state index is 0.0926. The quantitative estimate of drug-likeness (QED) is 0.0581. The van der Waals surface area contributed by atoms with E-state index in [1.807, 2.05) is 0 Å². The molecule has 13 nitrogen and oxygen atoms in total. The first-order chi connectivity index (χ1) is 31.0. The predicted molar refractivity (Wildman–Crippen MR) is 226 cm³/mol. The van der Waals surface area contributed by atoms with E-state index in [-0.39, 0.29) is 52.0 Å². The molecule has 0 aliphatic carbocycles. The van der Waals surface area contributed by atoms with Gasteiger partial charge in [0, 0.05) is 29.8 Å². The minimum atomic E-state index is -6.22. The van der Waals surface area contributed by atoms with Gasteiger partial charge in [-0.05, 0) is 40.2 Å². The van der Waals surface area contributed by atoms with Gasteiger partial charge in [-0.1, -0.05) is 70.7 Å². The Kier molecular flexibility index (Phi) is 17.5. The summed E-state index contributed by atoms with van der Waals surface area (Å²) in [5.74, 6) is -4.46. The fourth-order valence-corrected chi connectivity index (χ4v) is 8.66. The molecule has 69 heavy (non-hydrogen) atoms. The van der Waals surface area contributed by atoms with Crippen LogP contribution in [0.1, 0.15) is 86.3 Å². The number of halogens is 16. The summed E-state index contributed by atoms with van der Waals surface area (Å²) < 4.78 is 165. The van der Waals surface area contributed by atoms with Crippen LogP contribution < -0.4 is 10.6 Å². The van der Waals surface area contributed by atoms with Crippen LogP contribution in [0.3, 0.4) is 0 Å². The molecule has 2 amide bonds. The molecule has 0 unspecified atom stereocenters. The number of amides is 2. The van der Waals surface area contributed by atoms with Crippen LogP contribution >= 0.6 is 69.1 Å². The molecule has 31 heteroatoms. The molecule has 6 N–H and O–H groups in total. The number of methoxy groups -OCH3 is 1. The molecule has 0 aliphatic rings. The van der Waals surface area contributed by atoms with E-state index in [1.165, 1.54) is 27.7 Å². The van der Waals surface area contributed by atoms with Crippen molar-refractivity contribution in [1.82, 2.24) is 20.6 Å². The molecule has 4 rings (SSSR count). The number of hydrogen-bond donors (Lipinski definition) is 6. The molecule has 2 heterocycles. The first-order valence-electron chi connectivity index (χ1n) is 18.3. The molecule has 382 valence electrons. The molecule has 0 saturated heterocycles. The number of aromatic carboxylic acids is 1. The summed E-state index contributed by atoms with van der Waals surface area (Å²) in [6.07, 6.45) is -24.0. The third-order valence-corrected chi connectivity index (χ3v) is 13.1.